The largest absolute Gasteiger partial charge is 0.501 e. The molecule has 0 heterocycles. The topological polar surface area (TPSA) is 60.4 Å². The number of carbonyl (C=O) groups is 1. The van der Waals surface area contributed by atoms with Gasteiger partial charge in [0.15, 0.2) is 0 Å². The SMILES string of the molecule is O=C(OC(=CS(=O)(=O)C(F)(F)F)c1ccccc1)c1ccccc1. The van der Waals surface area contributed by atoms with Gasteiger partial charge in [0.05, 0.1) is 11.0 Å². The van der Waals surface area contributed by atoms with E-state index in [0.29, 0.717) is 0 Å². The summed E-state index contributed by atoms with van der Waals surface area (Å²) in [6.07, 6.45) is 0. The fourth-order valence-corrected chi connectivity index (χ4v) is 2.29. The van der Waals surface area contributed by atoms with Crippen LogP contribution in [0.15, 0.2) is 66.1 Å². The van der Waals surface area contributed by atoms with Crippen molar-refractivity contribution in [1.29, 1.82) is 0 Å². The molecule has 2 rings (SSSR count). The number of halogens is 3. The van der Waals surface area contributed by atoms with Crippen molar-refractivity contribution < 1.29 is 31.1 Å². The van der Waals surface area contributed by atoms with Crippen LogP contribution in [0.4, 0.5) is 13.2 Å². The van der Waals surface area contributed by atoms with E-state index in [9.17, 15) is 26.4 Å². The van der Waals surface area contributed by atoms with Crippen LogP contribution in [0.5, 0.6) is 0 Å². The first kappa shape index (κ1) is 17.7. The predicted molar refractivity (Wildman–Crippen MR) is 81.3 cm³/mol. The fraction of sp³-hybridized carbons (Fsp3) is 0.0625. The van der Waals surface area contributed by atoms with E-state index in [4.69, 9.17) is 4.74 Å². The molecule has 0 N–H and O–H groups in total. The molecule has 0 spiro atoms. The van der Waals surface area contributed by atoms with Gasteiger partial charge in [0, 0.05) is 5.56 Å². The molecule has 4 nitrogen and oxygen atoms in total. The smallest absolute Gasteiger partial charge is 0.422 e. The number of hydrogen-bond acceptors (Lipinski definition) is 4. The minimum absolute atomic E-state index is 0.0228. The van der Waals surface area contributed by atoms with Crippen molar-refractivity contribution in [2.45, 2.75) is 5.51 Å². The lowest BCUT2D eigenvalue weighted by Crippen LogP contribution is -2.21. The molecule has 0 aliphatic carbocycles. The predicted octanol–water partition coefficient (Wildman–Crippen LogP) is 3.78. The highest BCUT2D eigenvalue weighted by atomic mass is 32.2. The number of esters is 1. The summed E-state index contributed by atoms with van der Waals surface area (Å²) >= 11 is 0. The molecule has 8 heteroatoms. The lowest BCUT2D eigenvalue weighted by molar-refractivity contribution is -0.0423. The first-order valence-corrected chi connectivity index (χ1v) is 8.11. The van der Waals surface area contributed by atoms with Crippen LogP contribution in [-0.4, -0.2) is 19.9 Å². The summed E-state index contributed by atoms with van der Waals surface area (Å²) in [5.41, 5.74) is -5.40. The van der Waals surface area contributed by atoms with Gasteiger partial charge in [0.25, 0.3) is 9.84 Å². The van der Waals surface area contributed by atoms with Crippen molar-refractivity contribution in [2.75, 3.05) is 0 Å². The van der Waals surface area contributed by atoms with E-state index >= 15 is 0 Å². The van der Waals surface area contributed by atoms with Gasteiger partial charge in [0.2, 0.25) is 0 Å². The van der Waals surface area contributed by atoms with Crippen LogP contribution in [0.2, 0.25) is 0 Å². The lowest BCUT2D eigenvalue weighted by Gasteiger charge is -2.10. The number of ether oxygens (including phenoxy) is 1. The molecule has 24 heavy (non-hydrogen) atoms. The Balaban J connectivity index is 2.44. The summed E-state index contributed by atoms with van der Waals surface area (Å²) in [4.78, 5) is 12.0. The first-order valence-electron chi connectivity index (χ1n) is 6.56. The molecule has 0 amide bonds. The van der Waals surface area contributed by atoms with Gasteiger partial charge in [-0.15, -0.1) is 0 Å². The number of sulfone groups is 1. The highest BCUT2D eigenvalue weighted by Crippen LogP contribution is 2.28. The van der Waals surface area contributed by atoms with Crippen LogP contribution in [0, 0.1) is 0 Å². The minimum atomic E-state index is -5.61. The van der Waals surface area contributed by atoms with Gasteiger partial charge in [-0.3, -0.25) is 0 Å². The monoisotopic (exact) mass is 356 g/mol. The van der Waals surface area contributed by atoms with E-state index in [2.05, 4.69) is 0 Å². The zero-order valence-electron chi connectivity index (χ0n) is 12.0. The average Bonchev–Trinajstić information content (AvgIpc) is 2.54. The molecule has 0 aliphatic rings. The van der Waals surface area contributed by atoms with Crippen molar-refractivity contribution in [3.05, 3.63) is 77.2 Å². The molecule has 0 aliphatic heterocycles. The molecule has 2 aromatic carbocycles. The van der Waals surface area contributed by atoms with Gasteiger partial charge in [-0.1, -0.05) is 48.5 Å². The van der Waals surface area contributed by atoms with Crippen molar-refractivity contribution in [3.63, 3.8) is 0 Å². The molecule has 0 bridgehead atoms. The summed E-state index contributed by atoms with van der Waals surface area (Å²) in [5, 5.41) is -0.0941. The Bertz CT molecular complexity index is 842. The van der Waals surface area contributed by atoms with Gasteiger partial charge in [0.1, 0.15) is 5.76 Å². The Morgan fingerprint density at radius 2 is 1.33 bits per heavy atom. The molecule has 0 aromatic heterocycles. The Morgan fingerprint density at radius 3 is 1.79 bits per heavy atom. The van der Waals surface area contributed by atoms with Gasteiger partial charge in [-0.2, -0.15) is 13.2 Å². The molecule has 126 valence electrons. The second kappa shape index (κ2) is 6.88. The molecule has 0 saturated carbocycles. The van der Waals surface area contributed by atoms with Gasteiger partial charge in [-0.05, 0) is 12.1 Å². The van der Waals surface area contributed by atoms with Crippen LogP contribution < -0.4 is 0 Å². The van der Waals surface area contributed by atoms with Gasteiger partial charge in [-0.25, -0.2) is 13.2 Å². The van der Waals surface area contributed by atoms with Crippen LogP contribution in [0.1, 0.15) is 15.9 Å². The Kier molecular flexibility index (Phi) is 5.08. The number of benzene rings is 2. The zero-order chi connectivity index (χ0) is 17.8. The van der Waals surface area contributed by atoms with E-state index in [0.717, 1.165) is 0 Å². The van der Waals surface area contributed by atoms with E-state index in [1.165, 1.54) is 48.5 Å². The van der Waals surface area contributed by atoms with E-state index < -0.39 is 27.1 Å². The van der Waals surface area contributed by atoms with Crippen LogP contribution >= 0.6 is 0 Å². The fourth-order valence-electron chi connectivity index (χ4n) is 1.69. The molecule has 0 atom stereocenters. The highest BCUT2D eigenvalue weighted by molar-refractivity contribution is 7.95. The third-order valence-corrected chi connectivity index (χ3v) is 4.02. The minimum Gasteiger partial charge on any atom is -0.422 e. The molecular weight excluding hydrogens is 345 g/mol. The summed E-state index contributed by atoms with van der Waals surface area (Å²) in [5.74, 6) is -1.68. The van der Waals surface area contributed by atoms with Crippen LogP contribution in [0.3, 0.4) is 0 Å². The number of alkyl halides is 3. The second-order valence-electron chi connectivity index (χ2n) is 4.59. The molecular formula is C16H11F3O4S. The Labute approximate surface area is 136 Å². The van der Waals surface area contributed by atoms with Crippen LogP contribution in [-0.2, 0) is 14.6 Å². The lowest BCUT2D eigenvalue weighted by atomic mass is 10.2. The van der Waals surface area contributed by atoms with Crippen molar-refractivity contribution in [1.82, 2.24) is 0 Å². The maximum absolute atomic E-state index is 12.6. The molecule has 2 aromatic rings. The average molecular weight is 356 g/mol. The molecule has 0 radical (unpaired) electrons. The third-order valence-electron chi connectivity index (χ3n) is 2.86. The molecule has 0 saturated heterocycles. The van der Waals surface area contributed by atoms with E-state index in [1.807, 2.05) is 0 Å². The Hall–Kier alpha value is -2.61. The maximum atomic E-state index is 12.6. The zero-order valence-corrected chi connectivity index (χ0v) is 12.8. The molecule has 0 unspecified atom stereocenters. The van der Waals surface area contributed by atoms with Gasteiger partial charge < -0.3 is 4.74 Å². The summed E-state index contributed by atoms with van der Waals surface area (Å²) in [6.45, 7) is 0. The summed E-state index contributed by atoms with van der Waals surface area (Å²) < 4.78 is 65.4. The third kappa shape index (κ3) is 4.23. The van der Waals surface area contributed by atoms with Crippen LogP contribution in [0.25, 0.3) is 5.76 Å². The quantitative estimate of drug-likeness (QED) is 0.618. The summed E-state index contributed by atoms with van der Waals surface area (Å²) in [7, 11) is -5.61. The molecule has 0 fully saturated rings. The normalized spacial score (nSPS) is 12.7. The van der Waals surface area contributed by atoms with Crippen molar-refractivity contribution in [3.8, 4) is 0 Å². The van der Waals surface area contributed by atoms with Crippen molar-refractivity contribution >= 4 is 21.6 Å². The summed E-state index contributed by atoms with van der Waals surface area (Å²) in [6, 6.07) is 14.7. The Morgan fingerprint density at radius 1 is 0.875 bits per heavy atom. The highest BCUT2D eigenvalue weighted by Gasteiger charge is 2.44. The number of rotatable bonds is 4. The second-order valence-corrected chi connectivity index (χ2v) is 6.38. The first-order chi connectivity index (χ1) is 11.2. The van der Waals surface area contributed by atoms with E-state index in [1.54, 1.807) is 12.1 Å². The van der Waals surface area contributed by atoms with E-state index in [-0.39, 0.29) is 16.5 Å². The van der Waals surface area contributed by atoms with Gasteiger partial charge >= 0.3 is 11.5 Å². The maximum Gasteiger partial charge on any atom is 0.501 e. The number of carbonyl (C=O) groups excluding carboxylic acids is 1. The number of hydrogen-bond donors (Lipinski definition) is 0. The standard InChI is InChI=1S/C16H11F3O4S/c17-16(18,19)24(21,22)11-14(12-7-3-1-4-8-12)23-15(20)13-9-5-2-6-10-13/h1-11H. The van der Waals surface area contributed by atoms with Crippen molar-refractivity contribution in [2.24, 2.45) is 0 Å².